The van der Waals surface area contributed by atoms with Gasteiger partial charge in [-0.25, -0.2) is 4.79 Å². The van der Waals surface area contributed by atoms with Crippen molar-refractivity contribution in [2.75, 3.05) is 26.8 Å². The maximum Gasteiger partial charge on any atom is 0.314 e. The minimum absolute atomic E-state index is 0.210. The molecule has 0 fully saturated rings. The molecule has 2 aromatic rings. The third-order valence-corrected chi connectivity index (χ3v) is 3.55. The summed E-state index contributed by atoms with van der Waals surface area (Å²) in [6.07, 6.45) is 0.760. The fourth-order valence-electron chi connectivity index (χ4n) is 2.07. The molecule has 0 radical (unpaired) electrons. The van der Waals surface area contributed by atoms with Gasteiger partial charge in [0.15, 0.2) is 0 Å². The summed E-state index contributed by atoms with van der Waals surface area (Å²) < 4.78 is 10.6. The van der Waals surface area contributed by atoms with Crippen LogP contribution in [0.1, 0.15) is 5.56 Å². The minimum Gasteiger partial charge on any atom is -0.497 e. The van der Waals surface area contributed by atoms with E-state index in [1.165, 1.54) is 0 Å². The number of halogens is 1. The predicted molar refractivity (Wildman–Crippen MR) is 95.0 cm³/mol. The van der Waals surface area contributed by atoms with E-state index in [1.54, 1.807) is 19.2 Å². The van der Waals surface area contributed by atoms with Gasteiger partial charge in [0, 0.05) is 11.6 Å². The summed E-state index contributed by atoms with van der Waals surface area (Å²) in [6.45, 7) is 1.36. The average Bonchev–Trinajstić information content (AvgIpc) is 2.59. The highest BCUT2D eigenvalue weighted by Gasteiger charge is 2.01. The number of hydrogen-bond acceptors (Lipinski definition) is 3. The van der Waals surface area contributed by atoms with E-state index >= 15 is 0 Å². The zero-order valence-electron chi connectivity index (χ0n) is 13.5. The molecule has 2 amide bonds. The highest BCUT2D eigenvalue weighted by Crippen LogP contribution is 2.16. The van der Waals surface area contributed by atoms with Crippen molar-refractivity contribution in [3.63, 3.8) is 0 Å². The predicted octanol–water partition coefficient (Wildman–Crippen LogP) is 3.27. The minimum atomic E-state index is -0.210. The number of methoxy groups -OCH3 is 1. The van der Waals surface area contributed by atoms with Crippen LogP contribution in [0, 0.1) is 0 Å². The Morgan fingerprint density at radius 2 is 1.79 bits per heavy atom. The van der Waals surface area contributed by atoms with Gasteiger partial charge in [-0.3, -0.25) is 0 Å². The van der Waals surface area contributed by atoms with Crippen molar-refractivity contribution < 1.29 is 14.3 Å². The molecule has 2 rings (SSSR count). The average molecular weight is 349 g/mol. The highest BCUT2D eigenvalue weighted by molar-refractivity contribution is 6.30. The molecule has 0 aliphatic heterocycles. The van der Waals surface area contributed by atoms with Crippen molar-refractivity contribution in [2.45, 2.75) is 6.42 Å². The number of rotatable bonds is 8. The summed E-state index contributed by atoms with van der Waals surface area (Å²) in [5, 5.41) is 6.18. The number of amides is 2. The zero-order valence-corrected chi connectivity index (χ0v) is 14.3. The van der Waals surface area contributed by atoms with E-state index in [-0.39, 0.29) is 6.03 Å². The number of hydrogen-bond donors (Lipinski definition) is 2. The number of carbonyl (C=O) groups is 1. The Balaban J connectivity index is 1.57. The van der Waals surface area contributed by atoms with Gasteiger partial charge in [-0.1, -0.05) is 29.8 Å². The summed E-state index contributed by atoms with van der Waals surface area (Å²) in [4.78, 5) is 11.7. The molecule has 2 aromatic carbocycles. The van der Waals surface area contributed by atoms with Crippen molar-refractivity contribution in [2.24, 2.45) is 0 Å². The Morgan fingerprint density at radius 3 is 2.50 bits per heavy atom. The number of urea groups is 1. The number of ether oxygens (including phenoxy) is 2. The molecule has 0 saturated heterocycles. The van der Waals surface area contributed by atoms with Crippen LogP contribution in [0.2, 0.25) is 5.02 Å². The van der Waals surface area contributed by atoms with Crippen molar-refractivity contribution >= 4 is 17.6 Å². The molecule has 0 unspecified atom stereocenters. The molecule has 6 heteroatoms. The van der Waals surface area contributed by atoms with Crippen molar-refractivity contribution in [1.29, 1.82) is 0 Å². The molecule has 0 heterocycles. The Hall–Kier alpha value is -2.40. The van der Waals surface area contributed by atoms with Crippen LogP contribution < -0.4 is 20.1 Å². The second-order valence-electron chi connectivity index (χ2n) is 5.09. The summed E-state index contributed by atoms with van der Waals surface area (Å²) >= 11 is 5.87. The first-order valence-corrected chi connectivity index (χ1v) is 8.08. The topological polar surface area (TPSA) is 59.6 Å². The molecular weight excluding hydrogens is 328 g/mol. The fraction of sp³-hybridized carbons (Fsp3) is 0.278. The molecule has 128 valence electrons. The Labute approximate surface area is 146 Å². The van der Waals surface area contributed by atoms with Crippen LogP contribution in [0.5, 0.6) is 11.5 Å². The lowest BCUT2D eigenvalue weighted by molar-refractivity contribution is 0.236. The Morgan fingerprint density at radius 1 is 1.04 bits per heavy atom. The molecule has 0 bridgehead atoms. The van der Waals surface area contributed by atoms with Crippen LogP contribution in [-0.4, -0.2) is 32.8 Å². The smallest absolute Gasteiger partial charge is 0.314 e. The maximum atomic E-state index is 11.7. The summed E-state index contributed by atoms with van der Waals surface area (Å²) in [5.41, 5.74) is 1.14. The second-order valence-corrected chi connectivity index (χ2v) is 5.52. The number of nitrogens with one attached hydrogen (secondary N) is 2. The first-order valence-electron chi connectivity index (χ1n) is 7.70. The van der Waals surface area contributed by atoms with Crippen LogP contribution in [0.4, 0.5) is 4.79 Å². The maximum absolute atomic E-state index is 11.7. The first-order chi connectivity index (χ1) is 11.7. The van der Waals surface area contributed by atoms with E-state index in [2.05, 4.69) is 10.6 Å². The van der Waals surface area contributed by atoms with Gasteiger partial charge in [0.2, 0.25) is 0 Å². The molecule has 0 atom stereocenters. The molecular formula is C18H21ClN2O3. The third-order valence-electron chi connectivity index (χ3n) is 3.31. The third kappa shape index (κ3) is 6.38. The van der Waals surface area contributed by atoms with Crippen LogP contribution in [-0.2, 0) is 6.42 Å². The molecule has 5 nitrogen and oxygen atoms in total. The van der Waals surface area contributed by atoms with E-state index in [9.17, 15) is 4.79 Å². The standard InChI is InChI=1S/C18H21ClN2O3/c1-23-16-7-5-14(6-8-16)9-10-20-18(22)21-11-12-24-17-4-2-3-15(19)13-17/h2-8,13H,9-12H2,1H3,(H2,20,21,22). The summed E-state index contributed by atoms with van der Waals surface area (Å²) in [7, 11) is 1.64. The van der Waals surface area contributed by atoms with Gasteiger partial charge in [0.25, 0.3) is 0 Å². The quantitative estimate of drug-likeness (QED) is 0.720. The monoisotopic (exact) mass is 348 g/mol. The summed E-state index contributed by atoms with van der Waals surface area (Å²) in [6, 6.07) is 14.7. The van der Waals surface area contributed by atoms with E-state index in [4.69, 9.17) is 21.1 Å². The van der Waals surface area contributed by atoms with Crippen molar-refractivity contribution in [3.8, 4) is 11.5 Å². The second kappa shape index (κ2) is 9.67. The lowest BCUT2D eigenvalue weighted by Gasteiger charge is -2.09. The molecule has 0 spiro atoms. The number of benzene rings is 2. The van der Waals surface area contributed by atoms with Crippen LogP contribution in [0.3, 0.4) is 0 Å². The lowest BCUT2D eigenvalue weighted by atomic mass is 10.1. The van der Waals surface area contributed by atoms with Gasteiger partial charge in [-0.15, -0.1) is 0 Å². The van der Waals surface area contributed by atoms with Crippen molar-refractivity contribution in [1.82, 2.24) is 10.6 Å². The summed E-state index contributed by atoms with van der Waals surface area (Å²) in [5.74, 6) is 1.51. The van der Waals surface area contributed by atoms with Gasteiger partial charge >= 0.3 is 6.03 Å². The van der Waals surface area contributed by atoms with E-state index in [1.807, 2.05) is 36.4 Å². The van der Waals surface area contributed by atoms with E-state index < -0.39 is 0 Å². The van der Waals surface area contributed by atoms with Gasteiger partial charge in [-0.05, 0) is 42.3 Å². The first kappa shape index (κ1) is 17.9. The van der Waals surface area contributed by atoms with Crippen LogP contribution >= 0.6 is 11.6 Å². The number of carbonyl (C=O) groups excluding carboxylic acids is 1. The van der Waals surface area contributed by atoms with Gasteiger partial charge in [0.1, 0.15) is 18.1 Å². The zero-order chi connectivity index (χ0) is 17.2. The largest absolute Gasteiger partial charge is 0.497 e. The van der Waals surface area contributed by atoms with Crippen molar-refractivity contribution in [3.05, 3.63) is 59.1 Å². The van der Waals surface area contributed by atoms with E-state index in [0.29, 0.717) is 30.5 Å². The SMILES string of the molecule is COc1ccc(CCNC(=O)NCCOc2cccc(Cl)c2)cc1. The molecule has 0 aromatic heterocycles. The Kier molecular flexibility index (Phi) is 7.23. The van der Waals surface area contributed by atoms with Crippen LogP contribution in [0.15, 0.2) is 48.5 Å². The van der Waals surface area contributed by atoms with Crippen LogP contribution in [0.25, 0.3) is 0 Å². The molecule has 0 aliphatic carbocycles. The highest BCUT2D eigenvalue weighted by atomic mass is 35.5. The lowest BCUT2D eigenvalue weighted by Crippen LogP contribution is -2.38. The van der Waals surface area contributed by atoms with Gasteiger partial charge in [0.05, 0.1) is 13.7 Å². The molecule has 0 saturated carbocycles. The molecule has 2 N–H and O–H groups in total. The van der Waals surface area contributed by atoms with Gasteiger partial charge in [-0.2, -0.15) is 0 Å². The normalized spacial score (nSPS) is 10.1. The molecule has 0 aliphatic rings. The Bertz CT molecular complexity index is 647. The fourth-order valence-corrected chi connectivity index (χ4v) is 2.25. The van der Waals surface area contributed by atoms with E-state index in [0.717, 1.165) is 17.7 Å². The molecule has 24 heavy (non-hydrogen) atoms. The van der Waals surface area contributed by atoms with Gasteiger partial charge < -0.3 is 20.1 Å².